The highest BCUT2D eigenvalue weighted by atomic mass is 16.2. The van der Waals surface area contributed by atoms with E-state index in [0.717, 1.165) is 22.3 Å². The summed E-state index contributed by atoms with van der Waals surface area (Å²) in [4.78, 5) is 30.3. The van der Waals surface area contributed by atoms with Crippen molar-refractivity contribution < 1.29 is 9.59 Å². The van der Waals surface area contributed by atoms with E-state index in [1.807, 2.05) is 102 Å². The van der Waals surface area contributed by atoms with Crippen LogP contribution in [-0.4, -0.2) is 34.7 Å². The van der Waals surface area contributed by atoms with Gasteiger partial charge in [-0.15, -0.1) is 0 Å². The van der Waals surface area contributed by atoms with Crippen LogP contribution in [0.25, 0.3) is 6.08 Å². The number of aryl methyl sites for hydroxylation is 1. The van der Waals surface area contributed by atoms with Crippen molar-refractivity contribution in [3.63, 3.8) is 0 Å². The van der Waals surface area contributed by atoms with Gasteiger partial charge in [0.15, 0.2) is 5.66 Å². The zero-order valence-corrected chi connectivity index (χ0v) is 16.8. The van der Waals surface area contributed by atoms with E-state index >= 15 is 0 Å². The summed E-state index contributed by atoms with van der Waals surface area (Å²) in [6, 6.07) is 25.5. The maximum absolute atomic E-state index is 13.4. The van der Waals surface area contributed by atoms with E-state index in [9.17, 15) is 9.59 Å². The molecule has 0 radical (unpaired) electrons. The van der Waals surface area contributed by atoms with Gasteiger partial charge in [0.25, 0.3) is 5.91 Å². The highest BCUT2D eigenvalue weighted by Crippen LogP contribution is 2.49. The fourth-order valence-corrected chi connectivity index (χ4v) is 4.67. The zero-order valence-electron chi connectivity index (χ0n) is 16.8. The SMILES string of the molecule is Cc1ccc(C23c4ccccc4C(=O)N2CCN3C(=O)C=Cc2ccccc2)cc1. The average Bonchev–Trinajstić information content (AvgIpc) is 3.29. The quantitative estimate of drug-likeness (QED) is 0.625. The Kier molecular flexibility index (Phi) is 4.28. The molecule has 2 heterocycles. The van der Waals surface area contributed by atoms with E-state index in [1.54, 1.807) is 6.08 Å². The lowest BCUT2D eigenvalue weighted by atomic mass is 9.89. The molecule has 0 N–H and O–H groups in total. The molecule has 3 aromatic rings. The van der Waals surface area contributed by atoms with Gasteiger partial charge in [0.2, 0.25) is 5.91 Å². The molecule has 0 aromatic heterocycles. The first-order chi connectivity index (χ1) is 14.6. The van der Waals surface area contributed by atoms with E-state index in [4.69, 9.17) is 0 Å². The van der Waals surface area contributed by atoms with Crippen molar-refractivity contribution in [1.82, 2.24) is 9.80 Å². The van der Waals surface area contributed by atoms with Gasteiger partial charge in [-0.25, -0.2) is 0 Å². The number of benzene rings is 3. The third kappa shape index (κ3) is 2.61. The first-order valence-corrected chi connectivity index (χ1v) is 10.2. The Balaban J connectivity index is 1.65. The van der Waals surface area contributed by atoms with Crippen molar-refractivity contribution in [2.45, 2.75) is 12.6 Å². The second-order valence-corrected chi connectivity index (χ2v) is 7.77. The molecule has 4 nitrogen and oxygen atoms in total. The molecule has 1 fully saturated rings. The third-order valence-electron chi connectivity index (χ3n) is 6.04. The van der Waals surface area contributed by atoms with E-state index < -0.39 is 5.66 Å². The minimum absolute atomic E-state index is 0.0199. The standard InChI is InChI=1S/C26H22N2O2/c1-19-11-14-21(15-12-19)26-23-10-6-5-9-22(23)25(30)28(26)18-17-27(26)24(29)16-13-20-7-3-2-4-8-20/h2-16H,17-18H2,1H3. The lowest BCUT2D eigenvalue weighted by Crippen LogP contribution is -2.51. The van der Waals surface area contributed by atoms with Crippen molar-refractivity contribution in [2.75, 3.05) is 13.1 Å². The van der Waals surface area contributed by atoms with Crippen LogP contribution in [0.2, 0.25) is 0 Å². The Morgan fingerprint density at radius 1 is 0.900 bits per heavy atom. The lowest BCUT2D eigenvalue weighted by Gasteiger charge is -2.40. The predicted molar refractivity (Wildman–Crippen MR) is 117 cm³/mol. The first kappa shape index (κ1) is 18.4. The minimum Gasteiger partial charge on any atom is -0.306 e. The van der Waals surface area contributed by atoms with Gasteiger partial charge in [0.05, 0.1) is 0 Å². The number of carbonyl (C=O) groups excluding carboxylic acids is 2. The summed E-state index contributed by atoms with van der Waals surface area (Å²) in [5.41, 5.74) is 3.68. The second kappa shape index (κ2) is 6.99. The van der Waals surface area contributed by atoms with Crippen LogP contribution in [0.1, 0.15) is 32.6 Å². The molecule has 2 aliphatic heterocycles. The number of nitrogens with zero attached hydrogens (tertiary/aromatic N) is 2. The van der Waals surface area contributed by atoms with Crippen molar-refractivity contribution in [2.24, 2.45) is 0 Å². The average molecular weight is 394 g/mol. The summed E-state index contributed by atoms with van der Waals surface area (Å²) in [5, 5.41) is 0. The maximum Gasteiger partial charge on any atom is 0.256 e. The van der Waals surface area contributed by atoms with Crippen molar-refractivity contribution in [3.8, 4) is 0 Å². The van der Waals surface area contributed by atoms with Crippen molar-refractivity contribution in [1.29, 1.82) is 0 Å². The van der Waals surface area contributed by atoms with E-state index in [0.29, 0.717) is 18.7 Å². The molecule has 148 valence electrons. The monoisotopic (exact) mass is 394 g/mol. The summed E-state index contributed by atoms with van der Waals surface area (Å²) in [7, 11) is 0. The number of hydrogen-bond acceptors (Lipinski definition) is 2. The smallest absolute Gasteiger partial charge is 0.256 e. The molecular formula is C26H22N2O2. The van der Waals surface area contributed by atoms with E-state index in [2.05, 4.69) is 0 Å². The first-order valence-electron chi connectivity index (χ1n) is 10.2. The topological polar surface area (TPSA) is 40.6 Å². The van der Waals surface area contributed by atoms with Gasteiger partial charge < -0.3 is 9.80 Å². The number of rotatable bonds is 3. The van der Waals surface area contributed by atoms with Gasteiger partial charge in [0.1, 0.15) is 0 Å². The van der Waals surface area contributed by atoms with Gasteiger partial charge in [-0.05, 0) is 24.6 Å². The summed E-state index contributed by atoms with van der Waals surface area (Å²) in [6.45, 7) is 3.03. The minimum atomic E-state index is -0.903. The molecule has 1 atom stereocenters. The normalized spacial score (nSPS) is 20.0. The number of fused-ring (bicyclic) bond motifs is 3. The van der Waals surface area contributed by atoms with Gasteiger partial charge in [-0.2, -0.15) is 0 Å². The van der Waals surface area contributed by atoms with Crippen LogP contribution >= 0.6 is 0 Å². The van der Waals surface area contributed by atoms with Crippen LogP contribution in [0.4, 0.5) is 0 Å². The van der Waals surface area contributed by atoms with Crippen molar-refractivity contribution >= 4 is 17.9 Å². The maximum atomic E-state index is 13.4. The summed E-state index contributed by atoms with van der Waals surface area (Å²) < 4.78 is 0. The van der Waals surface area contributed by atoms with Crippen LogP contribution < -0.4 is 0 Å². The summed E-state index contributed by atoms with van der Waals surface area (Å²) in [6.07, 6.45) is 3.44. The molecular weight excluding hydrogens is 372 g/mol. The third-order valence-corrected chi connectivity index (χ3v) is 6.04. The second-order valence-electron chi connectivity index (χ2n) is 7.77. The molecule has 0 bridgehead atoms. The molecule has 1 saturated heterocycles. The highest BCUT2D eigenvalue weighted by molar-refractivity contribution is 6.03. The molecule has 2 amide bonds. The zero-order chi connectivity index (χ0) is 20.7. The number of hydrogen-bond donors (Lipinski definition) is 0. The fourth-order valence-electron chi connectivity index (χ4n) is 4.67. The molecule has 30 heavy (non-hydrogen) atoms. The van der Waals surface area contributed by atoms with Crippen molar-refractivity contribution in [3.05, 3.63) is 113 Å². The highest BCUT2D eigenvalue weighted by Gasteiger charge is 2.59. The molecule has 2 aliphatic rings. The van der Waals surface area contributed by atoms with Gasteiger partial charge in [0, 0.05) is 35.9 Å². The molecule has 3 aromatic carbocycles. The molecule has 5 rings (SSSR count). The Bertz CT molecular complexity index is 1150. The Morgan fingerprint density at radius 3 is 2.37 bits per heavy atom. The Morgan fingerprint density at radius 2 is 1.60 bits per heavy atom. The van der Waals surface area contributed by atoms with Crippen LogP contribution in [0.3, 0.4) is 0 Å². The summed E-state index contributed by atoms with van der Waals surface area (Å²) in [5.74, 6) is -0.125. The number of amides is 2. The van der Waals surface area contributed by atoms with Crippen LogP contribution in [-0.2, 0) is 10.5 Å². The van der Waals surface area contributed by atoms with Crippen LogP contribution in [0.5, 0.6) is 0 Å². The van der Waals surface area contributed by atoms with Crippen LogP contribution in [0, 0.1) is 6.92 Å². The molecule has 1 unspecified atom stereocenters. The van der Waals surface area contributed by atoms with Gasteiger partial charge in [-0.1, -0.05) is 78.4 Å². The van der Waals surface area contributed by atoms with Gasteiger partial charge >= 0.3 is 0 Å². The van der Waals surface area contributed by atoms with E-state index in [1.165, 1.54) is 0 Å². The fraction of sp³-hybridized carbons (Fsp3) is 0.154. The Hall–Kier alpha value is -3.66. The largest absolute Gasteiger partial charge is 0.306 e. The molecule has 4 heteroatoms. The number of carbonyl (C=O) groups is 2. The lowest BCUT2D eigenvalue weighted by molar-refractivity contribution is -0.131. The predicted octanol–water partition coefficient (Wildman–Crippen LogP) is 4.21. The molecule has 0 spiro atoms. The molecule has 0 aliphatic carbocycles. The summed E-state index contributed by atoms with van der Waals surface area (Å²) >= 11 is 0. The van der Waals surface area contributed by atoms with E-state index in [-0.39, 0.29) is 11.8 Å². The molecule has 0 saturated carbocycles. The van der Waals surface area contributed by atoms with Crippen LogP contribution in [0.15, 0.2) is 84.9 Å². The van der Waals surface area contributed by atoms with Gasteiger partial charge in [-0.3, -0.25) is 9.59 Å². The Labute approximate surface area is 176 Å².